The molecule has 2 aromatic heterocycles. The lowest BCUT2D eigenvalue weighted by molar-refractivity contribution is 0.122. The highest BCUT2D eigenvalue weighted by Crippen LogP contribution is 2.21. The zero-order chi connectivity index (χ0) is 11.7. The molecule has 0 saturated carbocycles. The minimum absolute atomic E-state index is 0.622. The fourth-order valence-corrected chi connectivity index (χ4v) is 1.97. The van der Waals surface area contributed by atoms with Gasteiger partial charge in [0.05, 0.1) is 19.4 Å². The first kappa shape index (κ1) is 10.3. The molecule has 90 valence electrons. The van der Waals surface area contributed by atoms with Crippen LogP contribution in [0, 0.1) is 0 Å². The van der Waals surface area contributed by atoms with Crippen molar-refractivity contribution in [1.82, 2.24) is 14.4 Å². The molecule has 1 aliphatic rings. The van der Waals surface area contributed by atoms with Crippen molar-refractivity contribution in [3.8, 4) is 0 Å². The predicted octanol–water partition coefficient (Wildman–Crippen LogP) is -0.149. The van der Waals surface area contributed by atoms with E-state index in [2.05, 4.69) is 20.3 Å². The van der Waals surface area contributed by atoms with Crippen LogP contribution in [0.2, 0.25) is 0 Å². The van der Waals surface area contributed by atoms with Gasteiger partial charge in [-0.3, -0.25) is 0 Å². The van der Waals surface area contributed by atoms with Crippen molar-refractivity contribution in [3.05, 3.63) is 18.6 Å². The summed E-state index contributed by atoms with van der Waals surface area (Å²) < 4.78 is 7.24. The van der Waals surface area contributed by atoms with E-state index in [4.69, 9.17) is 10.6 Å². The number of nitrogens with two attached hydrogens (primary N) is 1. The van der Waals surface area contributed by atoms with Crippen LogP contribution in [0.4, 0.5) is 11.6 Å². The number of nitrogen functional groups attached to an aromatic ring is 1. The quantitative estimate of drug-likeness (QED) is 0.555. The number of morpholine rings is 1. The first-order chi connectivity index (χ1) is 8.38. The molecule has 0 atom stereocenters. The van der Waals surface area contributed by atoms with Gasteiger partial charge in [0.15, 0.2) is 17.3 Å². The average molecular weight is 234 g/mol. The Hall–Kier alpha value is -1.86. The highest BCUT2D eigenvalue weighted by Gasteiger charge is 2.17. The van der Waals surface area contributed by atoms with Gasteiger partial charge in [-0.1, -0.05) is 0 Å². The molecule has 17 heavy (non-hydrogen) atoms. The summed E-state index contributed by atoms with van der Waals surface area (Å²) >= 11 is 0. The minimum atomic E-state index is 0.622. The number of hydrogen-bond donors (Lipinski definition) is 2. The summed E-state index contributed by atoms with van der Waals surface area (Å²) in [6.45, 7) is 3.08. The number of anilines is 2. The number of nitrogens with one attached hydrogen (secondary N) is 1. The second kappa shape index (κ2) is 4.19. The van der Waals surface area contributed by atoms with E-state index in [1.165, 1.54) is 0 Å². The van der Waals surface area contributed by atoms with Gasteiger partial charge in [-0.25, -0.2) is 15.8 Å². The van der Waals surface area contributed by atoms with Crippen molar-refractivity contribution >= 4 is 17.3 Å². The molecule has 7 nitrogen and oxygen atoms in total. The summed E-state index contributed by atoms with van der Waals surface area (Å²) in [7, 11) is 0. The fourth-order valence-electron chi connectivity index (χ4n) is 1.97. The molecule has 7 heteroatoms. The molecule has 1 fully saturated rings. The number of rotatable bonds is 2. The Morgan fingerprint density at radius 2 is 2.18 bits per heavy atom. The zero-order valence-electron chi connectivity index (χ0n) is 9.33. The molecule has 1 saturated heterocycles. The lowest BCUT2D eigenvalue weighted by Crippen LogP contribution is -2.37. The summed E-state index contributed by atoms with van der Waals surface area (Å²) in [5.41, 5.74) is 3.41. The Morgan fingerprint density at radius 3 is 2.94 bits per heavy atom. The van der Waals surface area contributed by atoms with E-state index in [9.17, 15) is 0 Å². The first-order valence-electron chi connectivity index (χ1n) is 5.51. The molecule has 0 aromatic carbocycles. The number of imidazole rings is 1. The molecular weight excluding hydrogens is 220 g/mol. The number of hydrazine groups is 1. The van der Waals surface area contributed by atoms with Gasteiger partial charge in [-0.15, -0.1) is 0 Å². The zero-order valence-corrected chi connectivity index (χ0v) is 9.33. The molecule has 3 N–H and O–H groups in total. The van der Waals surface area contributed by atoms with E-state index < -0.39 is 0 Å². The largest absolute Gasteiger partial charge is 0.378 e. The summed E-state index contributed by atoms with van der Waals surface area (Å²) in [4.78, 5) is 10.9. The number of ether oxygens (including phenoxy) is 1. The Bertz CT molecular complexity index is 518. The molecule has 1 aliphatic heterocycles. The summed E-state index contributed by atoms with van der Waals surface area (Å²) in [6, 6.07) is 0. The summed E-state index contributed by atoms with van der Waals surface area (Å²) in [5, 5.41) is 0. The van der Waals surface area contributed by atoms with Crippen molar-refractivity contribution in [2.24, 2.45) is 5.84 Å². The number of fused-ring (bicyclic) bond motifs is 1. The third-order valence-corrected chi connectivity index (χ3v) is 2.81. The van der Waals surface area contributed by atoms with Crippen LogP contribution in [-0.4, -0.2) is 40.7 Å². The average Bonchev–Trinajstić information content (AvgIpc) is 2.86. The Balaban J connectivity index is 2.08. The predicted molar refractivity (Wildman–Crippen MR) is 63.8 cm³/mol. The molecule has 0 amide bonds. The minimum Gasteiger partial charge on any atom is -0.378 e. The highest BCUT2D eigenvalue weighted by molar-refractivity contribution is 5.66. The maximum Gasteiger partial charge on any atom is 0.180 e. The van der Waals surface area contributed by atoms with Crippen LogP contribution in [-0.2, 0) is 4.74 Å². The summed E-state index contributed by atoms with van der Waals surface area (Å²) in [5.74, 6) is 6.88. The summed E-state index contributed by atoms with van der Waals surface area (Å²) in [6.07, 6.45) is 5.44. The van der Waals surface area contributed by atoms with Crippen molar-refractivity contribution in [2.45, 2.75) is 0 Å². The van der Waals surface area contributed by atoms with Crippen LogP contribution in [0.3, 0.4) is 0 Å². The van der Waals surface area contributed by atoms with E-state index in [0.717, 1.165) is 37.8 Å². The van der Waals surface area contributed by atoms with Crippen LogP contribution in [0.15, 0.2) is 18.6 Å². The SMILES string of the molecule is NNc1cn2ccnc2c(N2CCOCC2)n1. The second-order valence-corrected chi connectivity index (χ2v) is 3.85. The smallest absolute Gasteiger partial charge is 0.180 e. The number of aromatic nitrogens is 3. The topological polar surface area (TPSA) is 80.7 Å². The lowest BCUT2D eigenvalue weighted by Gasteiger charge is -2.28. The van der Waals surface area contributed by atoms with Gasteiger partial charge in [-0.2, -0.15) is 0 Å². The van der Waals surface area contributed by atoms with Crippen LogP contribution < -0.4 is 16.2 Å². The third kappa shape index (κ3) is 1.79. The van der Waals surface area contributed by atoms with Gasteiger partial charge >= 0.3 is 0 Å². The Morgan fingerprint density at radius 1 is 1.35 bits per heavy atom. The molecule has 3 heterocycles. The molecule has 0 aliphatic carbocycles. The monoisotopic (exact) mass is 234 g/mol. The van der Waals surface area contributed by atoms with Crippen molar-refractivity contribution in [3.63, 3.8) is 0 Å². The third-order valence-electron chi connectivity index (χ3n) is 2.81. The normalized spacial score (nSPS) is 16.4. The molecule has 0 unspecified atom stereocenters. The maximum absolute atomic E-state index is 5.42. The molecular formula is C10H14N6O. The number of hydrogen-bond acceptors (Lipinski definition) is 6. The molecule has 2 aromatic rings. The van der Waals surface area contributed by atoms with E-state index in [1.807, 2.05) is 16.8 Å². The van der Waals surface area contributed by atoms with E-state index in [0.29, 0.717) is 5.82 Å². The van der Waals surface area contributed by atoms with Crippen molar-refractivity contribution in [1.29, 1.82) is 0 Å². The number of nitrogens with zero attached hydrogens (tertiary/aromatic N) is 4. The Kier molecular flexibility index (Phi) is 2.54. The second-order valence-electron chi connectivity index (χ2n) is 3.85. The van der Waals surface area contributed by atoms with E-state index in [1.54, 1.807) is 6.20 Å². The first-order valence-corrected chi connectivity index (χ1v) is 5.51. The van der Waals surface area contributed by atoms with Gasteiger partial charge in [0, 0.05) is 25.5 Å². The lowest BCUT2D eigenvalue weighted by atomic mass is 10.4. The van der Waals surface area contributed by atoms with Crippen LogP contribution in [0.25, 0.3) is 5.65 Å². The fraction of sp³-hybridized carbons (Fsp3) is 0.400. The van der Waals surface area contributed by atoms with Gasteiger partial charge in [0.1, 0.15) is 0 Å². The van der Waals surface area contributed by atoms with Gasteiger partial charge in [-0.05, 0) is 0 Å². The molecule has 3 rings (SSSR count). The van der Waals surface area contributed by atoms with Crippen molar-refractivity contribution < 1.29 is 4.74 Å². The van der Waals surface area contributed by atoms with E-state index in [-0.39, 0.29) is 0 Å². The van der Waals surface area contributed by atoms with Gasteiger partial charge < -0.3 is 19.5 Å². The standard InChI is InChI=1S/C10H14N6O/c11-14-8-7-16-2-1-12-9(16)10(13-8)15-3-5-17-6-4-15/h1-2,7,14H,3-6,11H2. The van der Waals surface area contributed by atoms with Crippen LogP contribution >= 0.6 is 0 Å². The molecule has 0 bridgehead atoms. The Labute approximate surface area is 98.2 Å². The van der Waals surface area contributed by atoms with Crippen LogP contribution in [0.1, 0.15) is 0 Å². The maximum atomic E-state index is 5.42. The van der Waals surface area contributed by atoms with Crippen molar-refractivity contribution in [2.75, 3.05) is 36.6 Å². The van der Waals surface area contributed by atoms with Gasteiger partial charge in [0.25, 0.3) is 0 Å². The molecule has 0 radical (unpaired) electrons. The van der Waals surface area contributed by atoms with Gasteiger partial charge in [0.2, 0.25) is 0 Å². The molecule has 0 spiro atoms. The van der Waals surface area contributed by atoms with Crippen LogP contribution in [0.5, 0.6) is 0 Å². The van der Waals surface area contributed by atoms with E-state index >= 15 is 0 Å². The highest BCUT2D eigenvalue weighted by atomic mass is 16.5.